The minimum Gasteiger partial charge on any atom is -0.301 e. The largest absolute Gasteiger partial charge is 0.301 e. The number of nitrogens with zero attached hydrogens (tertiary/aromatic N) is 1. The zero-order chi connectivity index (χ0) is 12.4. The summed E-state index contributed by atoms with van der Waals surface area (Å²) >= 11 is 3.16. The molecule has 0 amide bonds. The first kappa shape index (κ1) is 12.4. The van der Waals surface area contributed by atoms with E-state index in [0.717, 1.165) is 0 Å². The number of nitrogens with one attached hydrogen (secondary N) is 1. The van der Waals surface area contributed by atoms with Crippen LogP contribution in [0, 0.1) is 5.82 Å². The van der Waals surface area contributed by atoms with E-state index in [1.165, 1.54) is 6.07 Å². The Balaban J connectivity index is 2.17. The maximum absolute atomic E-state index is 13.5. The van der Waals surface area contributed by atoms with Crippen molar-refractivity contribution in [1.82, 2.24) is 5.43 Å². The van der Waals surface area contributed by atoms with Crippen molar-refractivity contribution in [2.24, 2.45) is 5.10 Å². The molecule has 92 valence electrons. The summed E-state index contributed by atoms with van der Waals surface area (Å²) < 4.78 is 38.3. The summed E-state index contributed by atoms with van der Waals surface area (Å²) in [6, 6.07) is 3.67. The Hall–Kier alpha value is -1.04. The lowest BCUT2D eigenvalue weighted by Crippen LogP contribution is -2.27. The summed E-state index contributed by atoms with van der Waals surface area (Å²) in [6.07, 6.45) is -2.35. The smallest absolute Gasteiger partial charge is 0.260 e. The van der Waals surface area contributed by atoms with Crippen molar-refractivity contribution in [1.29, 1.82) is 0 Å². The lowest BCUT2D eigenvalue weighted by Gasteiger charge is -2.07. The number of hydrogen-bond donors (Lipinski definition) is 1. The minimum atomic E-state index is -2.47. The molecule has 0 saturated heterocycles. The van der Waals surface area contributed by atoms with Crippen molar-refractivity contribution in [2.75, 3.05) is 0 Å². The van der Waals surface area contributed by atoms with E-state index in [-0.39, 0.29) is 12.2 Å². The number of hydrazone groups is 1. The van der Waals surface area contributed by atoms with Gasteiger partial charge in [0, 0.05) is 17.3 Å². The van der Waals surface area contributed by atoms with Crippen molar-refractivity contribution in [3.8, 4) is 0 Å². The van der Waals surface area contributed by atoms with E-state index in [0.29, 0.717) is 22.2 Å². The van der Waals surface area contributed by atoms with Crippen LogP contribution in [-0.2, 0) is 5.33 Å². The molecule has 1 N–H and O–H groups in total. The first-order chi connectivity index (χ1) is 8.11. The van der Waals surface area contributed by atoms with Gasteiger partial charge in [0.1, 0.15) is 11.9 Å². The summed E-state index contributed by atoms with van der Waals surface area (Å²) in [6.45, 7) is 0. The summed E-state index contributed by atoms with van der Waals surface area (Å²) in [5.41, 5.74) is 3.90. The highest BCUT2D eigenvalue weighted by Gasteiger charge is 2.27. The molecule has 0 saturated carbocycles. The van der Waals surface area contributed by atoms with Crippen molar-refractivity contribution < 1.29 is 13.2 Å². The Kier molecular flexibility index (Phi) is 3.71. The van der Waals surface area contributed by atoms with Gasteiger partial charge in [-0.3, -0.25) is 0 Å². The van der Waals surface area contributed by atoms with Crippen LogP contribution in [0.4, 0.5) is 13.2 Å². The number of hydrogen-bond acceptors (Lipinski definition) is 2. The molecule has 1 aliphatic rings. The lowest BCUT2D eigenvalue weighted by atomic mass is 10.0. The lowest BCUT2D eigenvalue weighted by molar-refractivity contribution is 0.106. The molecule has 1 aliphatic heterocycles. The highest BCUT2D eigenvalue weighted by molar-refractivity contribution is 9.08. The maximum atomic E-state index is 13.5. The molecule has 1 aromatic rings. The molecular formula is C11H10BrF3N2. The van der Waals surface area contributed by atoms with Gasteiger partial charge in [0.15, 0.2) is 0 Å². The average molecular weight is 307 g/mol. The molecule has 1 aromatic carbocycles. The van der Waals surface area contributed by atoms with Crippen LogP contribution in [0.25, 0.3) is 0 Å². The average Bonchev–Trinajstić information content (AvgIpc) is 2.78. The normalized spacial score (nSPS) is 19.4. The van der Waals surface area contributed by atoms with E-state index in [1.54, 1.807) is 12.1 Å². The first-order valence-electron chi connectivity index (χ1n) is 5.07. The second-order valence-corrected chi connectivity index (χ2v) is 4.33. The Morgan fingerprint density at radius 2 is 2.24 bits per heavy atom. The highest BCUT2D eigenvalue weighted by Crippen LogP contribution is 2.19. The van der Waals surface area contributed by atoms with Gasteiger partial charge >= 0.3 is 0 Å². The van der Waals surface area contributed by atoms with Gasteiger partial charge in [-0.2, -0.15) is 5.10 Å². The molecule has 0 bridgehead atoms. The van der Waals surface area contributed by atoms with E-state index >= 15 is 0 Å². The standard InChI is InChI=1S/C11H10BrF3N2/c12-5-7-2-1-6(3-8(7)13)9-4-10(11(14)15)17-16-9/h1-3,10-11,17H,4-5H2. The third-order valence-corrected chi connectivity index (χ3v) is 3.22. The fourth-order valence-corrected chi connectivity index (χ4v) is 2.08. The SMILES string of the molecule is Fc1cc(C2=NNC(C(F)F)C2)ccc1CBr. The van der Waals surface area contributed by atoms with Crippen molar-refractivity contribution in [3.05, 3.63) is 35.1 Å². The molecule has 2 rings (SSSR count). The first-order valence-corrected chi connectivity index (χ1v) is 6.19. The molecule has 0 aromatic heterocycles. The molecule has 0 fully saturated rings. The van der Waals surface area contributed by atoms with Crippen molar-refractivity contribution in [3.63, 3.8) is 0 Å². The fourth-order valence-electron chi connectivity index (χ4n) is 1.62. The Bertz CT molecular complexity index is 448. The summed E-state index contributed by atoms with van der Waals surface area (Å²) in [7, 11) is 0. The van der Waals surface area contributed by atoms with Crippen LogP contribution >= 0.6 is 15.9 Å². The molecule has 1 unspecified atom stereocenters. The van der Waals surface area contributed by atoms with Crippen LogP contribution in [0.1, 0.15) is 17.5 Å². The van der Waals surface area contributed by atoms with Crippen LogP contribution in [0.15, 0.2) is 23.3 Å². The van der Waals surface area contributed by atoms with Crippen LogP contribution < -0.4 is 5.43 Å². The van der Waals surface area contributed by atoms with E-state index in [9.17, 15) is 13.2 Å². The van der Waals surface area contributed by atoms with Gasteiger partial charge < -0.3 is 5.43 Å². The number of alkyl halides is 3. The molecule has 0 spiro atoms. The predicted octanol–water partition coefficient (Wildman–Crippen LogP) is 3.05. The van der Waals surface area contributed by atoms with Gasteiger partial charge in [-0.05, 0) is 11.6 Å². The molecule has 0 radical (unpaired) electrons. The molecule has 2 nitrogen and oxygen atoms in total. The van der Waals surface area contributed by atoms with E-state index in [4.69, 9.17) is 0 Å². The van der Waals surface area contributed by atoms with Gasteiger partial charge in [0.2, 0.25) is 0 Å². The molecule has 6 heteroatoms. The van der Waals surface area contributed by atoms with E-state index in [2.05, 4.69) is 26.5 Å². The van der Waals surface area contributed by atoms with Crippen molar-refractivity contribution >= 4 is 21.6 Å². The molecular weight excluding hydrogens is 297 g/mol. The highest BCUT2D eigenvalue weighted by atomic mass is 79.9. The molecule has 0 aliphatic carbocycles. The van der Waals surface area contributed by atoms with Gasteiger partial charge in [-0.15, -0.1) is 0 Å². The van der Waals surface area contributed by atoms with Crippen molar-refractivity contribution in [2.45, 2.75) is 24.2 Å². The molecule has 1 atom stereocenters. The summed E-state index contributed by atoms with van der Waals surface area (Å²) in [4.78, 5) is 0. The van der Waals surface area contributed by atoms with Crippen LogP contribution in [0.2, 0.25) is 0 Å². The summed E-state index contributed by atoms with van der Waals surface area (Å²) in [5, 5.41) is 4.23. The molecule has 17 heavy (non-hydrogen) atoms. The maximum Gasteiger partial charge on any atom is 0.260 e. The Labute approximate surface area is 105 Å². The van der Waals surface area contributed by atoms with Crippen LogP contribution in [-0.4, -0.2) is 18.2 Å². The van der Waals surface area contributed by atoms with Gasteiger partial charge in [-0.25, -0.2) is 13.2 Å². The van der Waals surface area contributed by atoms with Gasteiger partial charge in [0.05, 0.1) is 5.71 Å². The zero-order valence-electron chi connectivity index (χ0n) is 8.76. The second kappa shape index (κ2) is 5.08. The summed E-state index contributed by atoms with van der Waals surface area (Å²) in [5.74, 6) is -0.359. The van der Waals surface area contributed by atoms with Gasteiger partial charge in [-0.1, -0.05) is 28.1 Å². The monoisotopic (exact) mass is 306 g/mol. The Morgan fingerprint density at radius 3 is 2.76 bits per heavy atom. The number of rotatable bonds is 3. The Morgan fingerprint density at radius 1 is 1.47 bits per heavy atom. The van der Waals surface area contributed by atoms with E-state index in [1.807, 2.05) is 0 Å². The van der Waals surface area contributed by atoms with E-state index < -0.39 is 12.5 Å². The number of halogens is 4. The van der Waals surface area contributed by atoms with Crippen LogP contribution in [0.3, 0.4) is 0 Å². The zero-order valence-corrected chi connectivity index (χ0v) is 10.3. The fraction of sp³-hybridized carbons (Fsp3) is 0.364. The van der Waals surface area contributed by atoms with Gasteiger partial charge in [0.25, 0.3) is 6.43 Å². The predicted molar refractivity (Wildman–Crippen MR) is 63.1 cm³/mol. The third kappa shape index (κ3) is 2.62. The van der Waals surface area contributed by atoms with Crippen LogP contribution in [0.5, 0.6) is 0 Å². The minimum absolute atomic E-state index is 0.116. The topological polar surface area (TPSA) is 24.4 Å². The molecule has 1 heterocycles. The third-order valence-electron chi connectivity index (χ3n) is 2.61. The second-order valence-electron chi connectivity index (χ2n) is 3.77. The quantitative estimate of drug-likeness (QED) is 0.853. The number of benzene rings is 1.